The molecule has 1 heterocycles. The van der Waals surface area contributed by atoms with E-state index in [1.165, 1.54) is 0 Å². The minimum absolute atomic E-state index is 0.614. The molecule has 0 saturated carbocycles. The molecule has 0 radical (unpaired) electrons. The van der Waals surface area contributed by atoms with Gasteiger partial charge in [-0.3, -0.25) is 14.0 Å². The predicted octanol–water partition coefficient (Wildman–Crippen LogP) is 2.50. The van der Waals surface area contributed by atoms with Crippen molar-refractivity contribution in [1.82, 2.24) is 4.90 Å². The zero-order valence-corrected chi connectivity index (χ0v) is 15.7. The van der Waals surface area contributed by atoms with Crippen LogP contribution in [-0.4, -0.2) is 68.9 Å². The molecule has 7 nitrogen and oxygen atoms in total. The van der Waals surface area contributed by atoms with Crippen LogP contribution in [0.5, 0.6) is 0 Å². The van der Waals surface area contributed by atoms with E-state index >= 15 is 0 Å². The van der Waals surface area contributed by atoms with Crippen LogP contribution in [0.3, 0.4) is 0 Å². The van der Waals surface area contributed by atoms with E-state index in [1.807, 2.05) is 18.2 Å². The molecular weight excluding hydrogens is 379 g/mol. The highest BCUT2D eigenvalue weighted by Crippen LogP contribution is 2.27. The largest absolute Gasteiger partial charge is 0.394 e. The van der Waals surface area contributed by atoms with Crippen LogP contribution in [0.15, 0.2) is 18.2 Å². The lowest BCUT2D eigenvalue weighted by molar-refractivity contribution is 0.169. The first-order chi connectivity index (χ1) is 11.2. The summed E-state index contributed by atoms with van der Waals surface area (Å²) in [5, 5.41) is 1.24. The van der Waals surface area contributed by atoms with Crippen molar-refractivity contribution in [3.63, 3.8) is 0 Å². The highest BCUT2D eigenvalue weighted by Gasteiger charge is 2.17. The molecule has 0 aromatic heterocycles. The topological polar surface area (TPSA) is 90.3 Å². The van der Waals surface area contributed by atoms with Crippen LogP contribution in [-0.2, 0) is 15.1 Å². The zero-order chi connectivity index (χ0) is 18.2. The van der Waals surface area contributed by atoms with Crippen molar-refractivity contribution in [2.45, 2.75) is 6.42 Å². The van der Waals surface area contributed by atoms with Gasteiger partial charge in [-0.2, -0.15) is 8.42 Å². The lowest BCUT2D eigenvalue weighted by Crippen LogP contribution is -2.46. The van der Waals surface area contributed by atoms with Gasteiger partial charge in [0.1, 0.15) is 0 Å². The van der Waals surface area contributed by atoms with Crippen LogP contribution in [0.25, 0.3) is 0 Å². The van der Waals surface area contributed by atoms with E-state index in [1.54, 1.807) is 7.11 Å². The standard InChI is InChI=1S/C14H20Cl2N2O.H2O4S/c1-19-10-2-5-17-6-8-18(9-7-17)12-3-4-13(15)14(16)11-12;1-5(2,3)4/h3-4,11H,2,5-10H2,1H3;(H2,1,2,3,4). The predicted molar refractivity (Wildman–Crippen MR) is 95.8 cm³/mol. The molecule has 138 valence electrons. The molecule has 0 atom stereocenters. The third kappa shape index (κ3) is 9.03. The number of hydrogen-bond acceptors (Lipinski definition) is 5. The second-order valence-corrected chi connectivity index (χ2v) is 6.93. The van der Waals surface area contributed by atoms with Gasteiger partial charge in [0.2, 0.25) is 0 Å². The molecule has 1 fully saturated rings. The summed E-state index contributed by atoms with van der Waals surface area (Å²) < 4.78 is 36.7. The lowest BCUT2D eigenvalue weighted by Gasteiger charge is -2.36. The quantitative estimate of drug-likeness (QED) is 0.579. The Morgan fingerprint density at radius 3 is 2.21 bits per heavy atom. The fourth-order valence-corrected chi connectivity index (χ4v) is 2.64. The van der Waals surface area contributed by atoms with Crippen LogP contribution < -0.4 is 4.90 Å². The number of anilines is 1. The Hall–Kier alpha value is -0.610. The Kier molecular flexibility index (Phi) is 9.28. The van der Waals surface area contributed by atoms with Gasteiger partial charge < -0.3 is 9.64 Å². The molecule has 0 amide bonds. The zero-order valence-electron chi connectivity index (χ0n) is 13.4. The fourth-order valence-electron chi connectivity index (χ4n) is 2.34. The number of halogens is 2. The van der Waals surface area contributed by atoms with Crippen LogP contribution >= 0.6 is 23.2 Å². The Labute approximate surface area is 152 Å². The molecule has 1 aromatic rings. The average molecular weight is 401 g/mol. The molecule has 1 aliphatic heterocycles. The molecule has 0 unspecified atom stereocenters. The molecule has 0 bridgehead atoms. The van der Waals surface area contributed by atoms with Gasteiger partial charge >= 0.3 is 10.4 Å². The summed E-state index contributed by atoms with van der Waals surface area (Å²) in [6, 6.07) is 5.85. The normalized spacial score (nSPS) is 15.8. The van der Waals surface area contributed by atoms with Gasteiger partial charge in [-0.25, -0.2) is 0 Å². The molecule has 24 heavy (non-hydrogen) atoms. The minimum atomic E-state index is -4.67. The molecule has 0 spiro atoms. The number of hydrogen-bond donors (Lipinski definition) is 2. The summed E-state index contributed by atoms with van der Waals surface area (Å²) >= 11 is 12.0. The summed E-state index contributed by atoms with van der Waals surface area (Å²) in [4.78, 5) is 4.84. The lowest BCUT2D eigenvalue weighted by atomic mass is 10.2. The van der Waals surface area contributed by atoms with Crippen molar-refractivity contribution in [3.05, 3.63) is 28.2 Å². The number of rotatable bonds is 5. The highest BCUT2D eigenvalue weighted by molar-refractivity contribution is 7.79. The third-order valence-corrected chi connectivity index (χ3v) is 4.20. The smallest absolute Gasteiger partial charge is 0.385 e. The van der Waals surface area contributed by atoms with Gasteiger partial charge in [0, 0.05) is 52.1 Å². The average Bonchev–Trinajstić information content (AvgIpc) is 2.49. The second kappa shape index (κ2) is 10.4. The SMILES string of the molecule is COCCCN1CCN(c2ccc(Cl)c(Cl)c2)CC1.O=S(=O)(O)O. The van der Waals surface area contributed by atoms with Gasteiger partial charge in [-0.15, -0.1) is 0 Å². The molecule has 10 heteroatoms. The minimum Gasteiger partial charge on any atom is -0.385 e. The third-order valence-electron chi connectivity index (χ3n) is 3.46. The van der Waals surface area contributed by atoms with Crippen LogP contribution in [0, 0.1) is 0 Å². The molecule has 1 saturated heterocycles. The Morgan fingerprint density at radius 1 is 1.12 bits per heavy atom. The van der Waals surface area contributed by atoms with E-state index in [0.717, 1.165) is 51.4 Å². The summed E-state index contributed by atoms with van der Waals surface area (Å²) in [7, 11) is -2.91. The summed E-state index contributed by atoms with van der Waals surface area (Å²) in [6.45, 7) is 6.19. The first kappa shape index (κ1) is 21.4. The molecule has 1 aromatic carbocycles. The van der Waals surface area contributed by atoms with Gasteiger partial charge in [0.15, 0.2) is 0 Å². The molecule has 1 aliphatic rings. The molecule has 2 rings (SSSR count). The van der Waals surface area contributed by atoms with Crippen LogP contribution in [0.4, 0.5) is 5.69 Å². The number of ether oxygens (including phenoxy) is 1. The highest BCUT2D eigenvalue weighted by atomic mass is 35.5. The van der Waals surface area contributed by atoms with Crippen molar-refractivity contribution in [2.75, 3.05) is 51.3 Å². The van der Waals surface area contributed by atoms with Gasteiger partial charge in [-0.05, 0) is 24.6 Å². The molecular formula is C14H22Cl2N2O5S. The maximum atomic E-state index is 8.74. The van der Waals surface area contributed by atoms with Crippen molar-refractivity contribution in [3.8, 4) is 0 Å². The Morgan fingerprint density at radius 2 is 1.71 bits per heavy atom. The maximum absolute atomic E-state index is 8.74. The van der Waals surface area contributed by atoms with E-state index in [2.05, 4.69) is 9.80 Å². The van der Waals surface area contributed by atoms with E-state index in [4.69, 9.17) is 45.5 Å². The van der Waals surface area contributed by atoms with Crippen molar-refractivity contribution in [1.29, 1.82) is 0 Å². The van der Waals surface area contributed by atoms with Crippen LogP contribution in [0.2, 0.25) is 10.0 Å². The number of nitrogens with zero attached hydrogens (tertiary/aromatic N) is 2. The number of benzene rings is 1. The Bertz CT molecular complexity index is 599. The second-order valence-electron chi connectivity index (χ2n) is 5.22. The van der Waals surface area contributed by atoms with E-state index in [9.17, 15) is 0 Å². The van der Waals surface area contributed by atoms with Gasteiger partial charge in [0.25, 0.3) is 0 Å². The Balaban J connectivity index is 0.000000505. The van der Waals surface area contributed by atoms with Gasteiger partial charge in [-0.1, -0.05) is 23.2 Å². The molecule has 0 aliphatic carbocycles. The summed E-state index contributed by atoms with van der Waals surface area (Å²) in [6.07, 6.45) is 1.10. The monoisotopic (exact) mass is 400 g/mol. The molecule has 2 N–H and O–H groups in total. The summed E-state index contributed by atoms with van der Waals surface area (Å²) in [5.74, 6) is 0. The van der Waals surface area contributed by atoms with Crippen molar-refractivity contribution >= 4 is 39.3 Å². The van der Waals surface area contributed by atoms with E-state index in [-0.39, 0.29) is 0 Å². The van der Waals surface area contributed by atoms with E-state index < -0.39 is 10.4 Å². The van der Waals surface area contributed by atoms with Crippen molar-refractivity contribution in [2.24, 2.45) is 0 Å². The first-order valence-corrected chi connectivity index (χ1v) is 9.47. The number of methoxy groups -OCH3 is 1. The van der Waals surface area contributed by atoms with Gasteiger partial charge in [0.05, 0.1) is 10.0 Å². The maximum Gasteiger partial charge on any atom is 0.394 e. The van der Waals surface area contributed by atoms with Crippen molar-refractivity contribution < 1.29 is 22.3 Å². The first-order valence-electron chi connectivity index (χ1n) is 7.32. The number of piperazine rings is 1. The van der Waals surface area contributed by atoms with Crippen LogP contribution in [0.1, 0.15) is 6.42 Å². The van der Waals surface area contributed by atoms with E-state index in [0.29, 0.717) is 10.0 Å². The summed E-state index contributed by atoms with van der Waals surface area (Å²) in [5.41, 5.74) is 1.16. The fraction of sp³-hybridized carbons (Fsp3) is 0.571.